The average molecular weight is 1140 g/mol. The van der Waals surface area contributed by atoms with Crippen molar-refractivity contribution in [3.63, 3.8) is 0 Å². The molecule has 1 unspecified atom stereocenters. The van der Waals surface area contributed by atoms with Crippen LogP contribution in [0.25, 0.3) is 0 Å². The molecule has 0 aliphatic carbocycles. The van der Waals surface area contributed by atoms with Crippen molar-refractivity contribution in [2.24, 2.45) is 0 Å². The lowest BCUT2D eigenvalue weighted by atomic mass is 10.0. The van der Waals surface area contributed by atoms with Gasteiger partial charge in [-0.2, -0.15) is 0 Å². The van der Waals surface area contributed by atoms with E-state index in [4.69, 9.17) is 14.2 Å². The van der Waals surface area contributed by atoms with E-state index in [0.717, 1.165) is 116 Å². The number of hydrogen-bond donors (Lipinski definition) is 0. The van der Waals surface area contributed by atoms with E-state index in [-0.39, 0.29) is 31.1 Å². The van der Waals surface area contributed by atoms with Gasteiger partial charge in [-0.1, -0.05) is 343 Å². The number of ether oxygens (including phenoxy) is 3. The summed E-state index contributed by atoms with van der Waals surface area (Å²) >= 11 is 0. The molecule has 0 aliphatic rings. The highest BCUT2D eigenvalue weighted by molar-refractivity contribution is 5.71. The van der Waals surface area contributed by atoms with Crippen molar-refractivity contribution >= 4 is 17.9 Å². The second kappa shape index (κ2) is 69.8. The van der Waals surface area contributed by atoms with Crippen LogP contribution in [0.15, 0.2) is 97.2 Å². The minimum Gasteiger partial charge on any atom is -0.462 e. The molecule has 0 aromatic rings. The molecule has 0 aromatic heterocycles. The van der Waals surface area contributed by atoms with Gasteiger partial charge in [0, 0.05) is 19.3 Å². The van der Waals surface area contributed by atoms with E-state index in [0.29, 0.717) is 19.3 Å². The Morgan fingerprint density at radius 1 is 0.256 bits per heavy atom. The molecule has 0 N–H and O–H groups in total. The SMILES string of the molecule is CC/C=C\C/C=C\C/C=C\C/C=C\C/C=C\C/C=C\C/C=C\C/C=C\CCCCCCCCCCC(=O)OCC(COC(=O)CCCCCCCCC)OC(=O)CCCCCCCCCCCCCCCCCCCCCCCCCC. The van der Waals surface area contributed by atoms with Crippen LogP contribution in [0, 0.1) is 0 Å². The lowest BCUT2D eigenvalue weighted by Gasteiger charge is -2.18. The first-order chi connectivity index (χ1) is 40.5. The number of esters is 3. The van der Waals surface area contributed by atoms with Gasteiger partial charge in [-0.3, -0.25) is 14.4 Å². The van der Waals surface area contributed by atoms with Gasteiger partial charge in [0.05, 0.1) is 0 Å². The lowest BCUT2D eigenvalue weighted by Crippen LogP contribution is -2.30. The van der Waals surface area contributed by atoms with E-state index in [1.54, 1.807) is 0 Å². The Balaban J connectivity index is 4.10. The molecule has 0 saturated carbocycles. The number of carbonyl (C=O) groups excluding carboxylic acids is 3. The third kappa shape index (κ3) is 67.1. The van der Waals surface area contributed by atoms with E-state index < -0.39 is 6.10 Å². The second-order valence-corrected chi connectivity index (χ2v) is 23.4. The maximum atomic E-state index is 12.9. The van der Waals surface area contributed by atoms with Crippen LogP contribution in [-0.4, -0.2) is 37.2 Å². The third-order valence-electron chi connectivity index (χ3n) is 15.4. The molecule has 472 valence electrons. The maximum Gasteiger partial charge on any atom is 0.306 e. The highest BCUT2D eigenvalue weighted by atomic mass is 16.6. The highest BCUT2D eigenvalue weighted by Crippen LogP contribution is 2.18. The molecular weight excluding hydrogens is 1010 g/mol. The quantitative estimate of drug-likeness (QED) is 0.0261. The fourth-order valence-corrected chi connectivity index (χ4v) is 10.1. The summed E-state index contributed by atoms with van der Waals surface area (Å²) in [6.45, 7) is 6.52. The Labute approximate surface area is 508 Å². The molecule has 6 heteroatoms. The summed E-state index contributed by atoms with van der Waals surface area (Å²) in [6.07, 6.45) is 94.6. The van der Waals surface area contributed by atoms with Gasteiger partial charge in [-0.05, 0) is 83.5 Å². The van der Waals surface area contributed by atoms with Gasteiger partial charge in [0.25, 0.3) is 0 Å². The zero-order valence-corrected chi connectivity index (χ0v) is 54.2. The summed E-state index contributed by atoms with van der Waals surface area (Å²) in [6, 6.07) is 0. The fraction of sp³-hybridized carbons (Fsp3) is 0.750. The molecule has 0 aliphatic heterocycles. The zero-order chi connectivity index (χ0) is 59.2. The molecule has 0 aromatic carbocycles. The van der Waals surface area contributed by atoms with Crippen LogP contribution < -0.4 is 0 Å². The minimum absolute atomic E-state index is 0.0757. The number of unbranched alkanes of at least 4 members (excludes halogenated alkanes) is 37. The zero-order valence-electron chi connectivity index (χ0n) is 54.2. The van der Waals surface area contributed by atoms with Crippen molar-refractivity contribution in [3.8, 4) is 0 Å². The maximum absolute atomic E-state index is 12.9. The Morgan fingerprint density at radius 3 is 0.744 bits per heavy atom. The lowest BCUT2D eigenvalue weighted by molar-refractivity contribution is -0.167. The monoisotopic (exact) mass is 1140 g/mol. The van der Waals surface area contributed by atoms with Crippen LogP contribution in [0.4, 0.5) is 0 Å². The third-order valence-corrected chi connectivity index (χ3v) is 15.4. The molecular formula is C76H132O6. The normalized spacial score (nSPS) is 12.7. The summed E-state index contributed by atoms with van der Waals surface area (Å²) in [7, 11) is 0. The summed E-state index contributed by atoms with van der Waals surface area (Å²) in [4.78, 5) is 38.2. The van der Waals surface area contributed by atoms with Crippen molar-refractivity contribution in [3.05, 3.63) is 97.2 Å². The summed E-state index contributed by atoms with van der Waals surface area (Å²) in [5.74, 6) is -0.875. The number of allylic oxidation sites excluding steroid dienone is 16. The van der Waals surface area contributed by atoms with Crippen LogP contribution in [0.2, 0.25) is 0 Å². The number of rotatable bonds is 64. The van der Waals surface area contributed by atoms with Crippen molar-refractivity contribution in [1.29, 1.82) is 0 Å². The van der Waals surface area contributed by atoms with Crippen LogP contribution in [0.5, 0.6) is 0 Å². The van der Waals surface area contributed by atoms with Gasteiger partial charge in [-0.25, -0.2) is 0 Å². The molecule has 0 fully saturated rings. The molecule has 82 heavy (non-hydrogen) atoms. The molecule has 0 spiro atoms. The largest absolute Gasteiger partial charge is 0.462 e. The standard InChI is InChI=1S/C76H132O6/c1-4-7-10-13-16-18-20-22-24-26-28-30-32-34-35-36-37-38-39-40-41-42-44-45-47-49-51-53-55-57-60-63-66-69-75(78)81-72-73(71-80-74(77)68-65-62-59-15-12-9-6-3)82-76(79)70-67-64-61-58-56-54-52-50-48-46-43-33-31-29-27-25-23-21-19-17-14-11-8-5-2/h7,10,16,18,22,24,28,30,34-35,37-38,40-41,44-45,73H,4-6,8-9,11-15,17,19-21,23,25-27,29,31-33,36,39,42-43,46-72H2,1-3H3/b10-7-,18-16-,24-22-,30-28-,35-34-,38-37-,41-40-,45-44-. The first-order valence-corrected chi connectivity index (χ1v) is 35.2. The highest BCUT2D eigenvalue weighted by Gasteiger charge is 2.19. The average Bonchev–Trinajstić information content (AvgIpc) is 3.48. The number of hydrogen-bond acceptors (Lipinski definition) is 6. The van der Waals surface area contributed by atoms with Crippen LogP contribution >= 0.6 is 0 Å². The number of carbonyl (C=O) groups is 3. The Hall–Kier alpha value is -3.67. The Bertz CT molecular complexity index is 1590. The second-order valence-electron chi connectivity index (χ2n) is 23.4. The molecule has 0 rings (SSSR count). The van der Waals surface area contributed by atoms with Crippen LogP contribution in [-0.2, 0) is 28.6 Å². The molecule has 0 bridgehead atoms. The fourth-order valence-electron chi connectivity index (χ4n) is 10.1. The molecule has 6 nitrogen and oxygen atoms in total. The molecule has 0 amide bonds. The van der Waals surface area contributed by atoms with Crippen molar-refractivity contribution < 1.29 is 28.6 Å². The predicted octanol–water partition coefficient (Wildman–Crippen LogP) is 24.4. The first-order valence-electron chi connectivity index (χ1n) is 35.2. The molecule has 0 saturated heterocycles. The van der Waals surface area contributed by atoms with E-state index >= 15 is 0 Å². The summed E-state index contributed by atoms with van der Waals surface area (Å²) in [5.41, 5.74) is 0. The predicted molar refractivity (Wildman–Crippen MR) is 357 cm³/mol. The van der Waals surface area contributed by atoms with Gasteiger partial charge in [0.15, 0.2) is 6.10 Å². The van der Waals surface area contributed by atoms with E-state index in [9.17, 15) is 14.4 Å². The van der Waals surface area contributed by atoms with Crippen molar-refractivity contribution in [2.45, 2.75) is 354 Å². The van der Waals surface area contributed by atoms with Crippen LogP contribution in [0.1, 0.15) is 348 Å². The van der Waals surface area contributed by atoms with Gasteiger partial charge in [0.1, 0.15) is 13.2 Å². The molecule has 1 atom stereocenters. The Kier molecular flexibility index (Phi) is 66.7. The van der Waals surface area contributed by atoms with Gasteiger partial charge >= 0.3 is 17.9 Å². The van der Waals surface area contributed by atoms with Gasteiger partial charge in [0.2, 0.25) is 0 Å². The van der Waals surface area contributed by atoms with Crippen molar-refractivity contribution in [1.82, 2.24) is 0 Å². The van der Waals surface area contributed by atoms with Gasteiger partial charge in [-0.15, -0.1) is 0 Å². The Morgan fingerprint density at radius 2 is 0.476 bits per heavy atom. The smallest absolute Gasteiger partial charge is 0.306 e. The topological polar surface area (TPSA) is 78.9 Å². The summed E-state index contributed by atoms with van der Waals surface area (Å²) < 4.78 is 16.9. The van der Waals surface area contributed by atoms with E-state index in [2.05, 4.69) is 118 Å². The van der Waals surface area contributed by atoms with E-state index in [1.165, 1.54) is 193 Å². The summed E-state index contributed by atoms with van der Waals surface area (Å²) in [5, 5.41) is 0. The first kappa shape index (κ1) is 78.3. The molecule has 0 radical (unpaired) electrons. The van der Waals surface area contributed by atoms with Gasteiger partial charge < -0.3 is 14.2 Å². The molecule has 0 heterocycles. The van der Waals surface area contributed by atoms with Crippen molar-refractivity contribution in [2.75, 3.05) is 13.2 Å². The van der Waals surface area contributed by atoms with Crippen LogP contribution in [0.3, 0.4) is 0 Å². The van der Waals surface area contributed by atoms with E-state index in [1.807, 2.05) is 0 Å². The minimum atomic E-state index is -0.777.